The van der Waals surface area contributed by atoms with E-state index in [9.17, 15) is 4.79 Å². The van der Waals surface area contributed by atoms with Gasteiger partial charge in [0.25, 0.3) is 0 Å². The summed E-state index contributed by atoms with van der Waals surface area (Å²) >= 11 is 0. The van der Waals surface area contributed by atoms with Gasteiger partial charge in [-0.15, -0.1) is 0 Å². The smallest absolute Gasteiger partial charge is 0.345 e. The van der Waals surface area contributed by atoms with Crippen molar-refractivity contribution in [2.75, 3.05) is 45.9 Å². The first kappa shape index (κ1) is 24.8. The minimum atomic E-state index is 0.0406. The van der Waals surface area contributed by atoms with Crippen LogP contribution in [0.4, 0.5) is 0 Å². The van der Waals surface area contributed by atoms with Gasteiger partial charge in [0.05, 0.1) is 19.8 Å². The first-order chi connectivity index (χ1) is 15.7. The quantitative estimate of drug-likeness (QED) is 0.302. The van der Waals surface area contributed by atoms with Gasteiger partial charge < -0.3 is 15.4 Å². The van der Waals surface area contributed by atoms with E-state index in [0.717, 1.165) is 89.9 Å². The third kappa shape index (κ3) is 6.57. The summed E-state index contributed by atoms with van der Waals surface area (Å²) in [5, 5.41) is 11.4. The lowest BCUT2D eigenvalue weighted by molar-refractivity contribution is 0.00395. The van der Waals surface area contributed by atoms with Gasteiger partial charge >= 0.3 is 5.69 Å². The Morgan fingerprint density at radius 3 is 2.59 bits per heavy atom. The molecule has 0 radical (unpaired) electrons. The first-order valence-corrected chi connectivity index (χ1v) is 12.7. The molecule has 1 saturated heterocycles. The van der Waals surface area contributed by atoms with Gasteiger partial charge in [0, 0.05) is 51.7 Å². The number of nitrogens with one attached hydrogen (secondary N) is 2. The Morgan fingerprint density at radius 2 is 1.91 bits per heavy atom. The zero-order valence-corrected chi connectivity index (χ0v) is 20.3. The fourth-order valence-electron chi connectivity index (χ4n) is 4.86. The Hall–Kier alpha value is -1.87. The van der Waals surface area contributed by atoms with Crippen molar-refractivity contribution in [3.8, 4) is 0 Å². The van der Waals surface area contributed by atoms with Gasteiger partial charge in [-0.25, -0.2) is 9.48 Å². The van der Waals surface area contributed by atoms with Crippen LogP contribution in [0.5, 0.6) is 0 Å². The molecule has 0 saturated carbocycles. The molecule has 0 aliphatic carbocycles. The molecule has 1 atom stereocenters. The molecular formula is C23H43N7O2. The van der Waals surface area contributed by atoms with E-state index in [4.69, 9.17) is 9.73 Å². The number of aryl methyl sites for hydroxylation is 2. The van der Waals surface area contributed by atoms with Crippen molar-refractivity contribution in [3.05, 3.63) is 16.3 Å². The van der Waals surface area contributed by atoms with Crippen molar-refractivity contribution in [2.24, 2.45) is 10.9 Å². The van der Waals surface area contributed by atoms with E-state index in [0.29, 0.717) is 18.5 Å². The van der Waals surface area contributed by atoms with E-state index in [1.165, 1.54) is 12.8 Å². The largest absolute Gasteiger partial charge is 0.379 e. The zero-order chi connectivity index (χ0) is 22.8. The Balaban J connectivity index is 1.54. The minimum absolute atomic E-state index is 0.0406. The van der Waals surface area contributed by atoms with Crippen LogP contribution in [0.2, 0.25) is 0 Å². The monoisotopic (exact) mass is 449 g/mol. The summed E-state index contributed by atoms with van der Waals surface area (Å²) in [7, 11) is 0. The fraction of sp³-hybridized carbons (Fsp3) is 0.870. The highest BCUT2D eigenvalue weighted by Gasteiger charge is 2.26. The molecule has 1 fully saturated rings. The molecule has 9 nitrogen and oxygen atoms in total. The molecule has 0 aromatic carbocycles. The Bertz CT molecular complexity index is 763. The van der Waals surface area contributed by atoms with E-state index in [2.05, 4.69) is 41.4 Å². The van der Waals surface area contributed by atoms with Crippen molar-refractivity contribution in [3.63, 3.8) is 0 Å². The highest BCUT2D eigenvalue weighted by molar-refractivity contribution is 5.79. The number of morpholine rings is 1. The molecule has 3 rings (SSSR count). The summed E-state index contributed by atoms with van der Waals surface area (Å²) in [6.45, 7) is 14.1. The number of rotatable bonds is 11. The predicted octanol–water partition coefficient (Wildman–Crippen LogP) is 1.46. The van der Waals surface area contributed by atoms with Gasteiger partial charge in [-0.2, -0.15) is 5.10 Å². The number of ether oxygens (including phenoxy) is 1. The summed E-state index contributed by atoms with van der Waals surface area (Å²) in [6, 6.07) is 0.444. The Kier molecular flexibility index (Phi) is 10.1. The van der Waals surface area contributed by atoms with Gasteiger partial charge in [0.2, 0.25) is 0 Å². The third-order valence-corrected chi connectivity index (χ3v) is 6.76. The molecular weight excluding hydrogens is 406 g/mol. The van der Waals surface area contributed by atoms with Gasteiger partial charge in [0.15, 0.2) is 5.96 Å². The molecule has 182 valence electrons. The van der Waals surface area contributed by atoms with E-state index < -0.39 is 0 Å². The first-order valence-electron chi connectivity index (χ1n) is 12.7. The molecule has 2 aliphatic rings. The highest BCUT2D eigenvalue weighted by Crippen LogP contribution is 2.20. The molecule has 9 heteroatoms. The maximum absolute atomic E-state index is 12.5. The van der Waals surface area contributed by atoms with Crippen LogP contribution in [-0.4, -0.2) is 77.2 Å². The summed E-state index contributed by atoms with van der Waals surface area (Å²) in [4.78, 5) is 20.0. The molecule has 0 spiro atoms. The summed E-state index contributed by atoms with van der Waals surface area (Å²) in [6.07, 6.45) is 6.29. The van der Waals surface area contributed by atoms with Crippen molar-refractivity contribution in [1.29, 1.82) is 0 Å². The molecule has 2 aliphatic heterocycles. The molecule has 1 aromatic rings. The maximum Gasteiger partial charge on any atom is 0.345 e. The summed E-state index contributed by atoms with van der Waals surface area (Å²) in [5.74, 6) is 2.44. The normalized spacial score (nSPS) is 18.6. The topological polar surface area (TPSA) is 88.7 Å². The number of guanidine groups is 1. The van der Waals surface area contributed by atoms with Gasteiger partial charge in [-0.3, -0.25) is 14.5 Å². The van der Waals surface area contributed by atoms with E-state index >= 15 is 0 Å². The van der Waals surface area contributed by atoms with Gasteiger partial charge in [-0.1, -0.05) is 26.7 Å². The van der Waals surface area contributed by atoms with E-state index in [-0.39, 0.29) is 5.69 Å². The average Bonchev–Trinajstić information content (AvgIpc) is 3.15. The van der Waals surface area contributed by atoms with E-state index in [1.54, 1.807) is 4.68 Å². The molecule has 0 amide bonds. The zero-order valence-electron chi connectivity index (χ0n) is 20.3. The number of hydrogen-bond acceptors (Lipinski definition) is 5. The summed E-state index contributed by atoms with van der Waals surface area (Å²) in [5.41, 5.74) is 0.0406. The van der Waals surface area contributed by atoms with E-state index in [1.807, 2.05) is 4.57 Å². The molecule has 1 unspecified atom stereocenters. The van der Waals surface area contributed by atoms with Crippen LogP contribution in [-0.2, 0) is 24.2 Å². The Labute approximate surface area is 192 Å². The van der Waals surface area contributed by atoms with Crippen LogP contribution in [0, 0.1) is 5.92 Å². The fourth-order valence-corrected chi connectivity index (χ4v) is 4.86. The van der Waals surface area contributed by atoms with Crippen LogP contribution in [0.3, 0.4) is 0 Å². The number of aliphatic imine (C=N–C) groups is 1. The Morgan fingerprint density at radius 1 is 1.12 bits per heavy atom. The molecule has 2 N–H and O–H groups in total. The SMILES string of the molecule is CCNC(=NCC(C(CC)CC)N1CCOCC1)NCCCn1nc2n(c1=O)CCCC2. The third-order valence-electron chi connectivity index (χ3n) is 6.76. The number of hydrogen-bond donors (Lipinski definition) is 2. The standard InChI is InChI=1S/C23H43N7O2/c1-4-19(5-2)20(28-14-16-32-17-15-28)18-26-22(24-6-3)25-11-9-13-30-23(31)29-12-8-7-10-21(29)27-30/h19-20H,4-18H2,1-3H3,(H2,24,25,26). The lowest BCUT2D eigenvalue weighted by Gasteiger charge is -2.38. The van der Waals surface area contributed by atoms with Crippen LogP contribution in [0.25, 0.3) is 0 Å². The molecule has 1 aromatic heterocycles. The highest BCUT2D eigenvalue weighted by atomic mass is 16.5. The number of nitrogens with zero attached hydrogens (tertiary/aromatic N) is 5. The minimum Gasteiger partial charge on any atom is -0.379 e. The number of aromatic nitrogens is 3. The van der Waals surface area contributed by atoms with Crippen LogP contribution < -0.4 is 16.3 Å². The maximum atomic E-state index is 12.5. The number of fused-ring (bicyclic) bond motifs is 1. The van der Waals surface area contributed by atoms with Crippen LogP contribution in [0.1, 0.15) is 58.7 Å². The lowest BCUT2D eigenvalue weighted by Crippen LogP contribution is -2.49. The lowest BCUT2D eigenvalue weighted by atomic mass is 9.92. The van der Waals surface area contributed by atoms with Crippen molar-refractivity contribution >= 4 is 5.96 Å². The molecule has 0 bridgehead atoms. The van der Waals surface area contributed by atoms with Crippen LogP contribution >= 0.6 is 0 Å². The van der Waals surface area contributed by atoms with Gasteiger partial charge in [0.1, 0.15) is 5.82 Å². The predicted molar refractivity (Wildman–Crippen MR) is 128 cm³/mol. The molecule has 3 heterocycles. The second kappa shape index (κ2) is 13.0. The van der Waals surface area contributed by atoms with Crippen molar-refractivity contribution in [2.45, 2.75) is 78.4 Å². The van der Waals surface area contributed by atoms with Crippen LogP contribution in [0.15, 0.2) is 9.79 Å². The van der Waals surface area contributed by atoms with Crippen molar-refractivity contribution < 1.29 is 4.74 Å². The second-order valence-corrected chi connectivity index (χ2v) is 8.82. The van der Waals surface area contributed by atoms with Crippen molar-refractivity contribution in [1.82, 2.24) is 29.9 Å². The average molecular weight is 450 g/mol. The summed E-state index contributed by atoms with van der Waals surface area (Å²) < 4.78 is 9.04. The second-order valence-electron chi connectivity index (χ2n) is 8.82. The molecule has 32 heavy (non-hydrogen) atoms. The van der Waals surface area contributed by atoms with Gasteiger partial charge in [-0.05, 0) is 32.1 Å².